The second-order valence-electron chi connectivity index (χ2n) is 6.53. The van der Waals surface area contributed by atoms with Crippen molar-refractivity contribution in [1.29, 1.82) is 5.26 Å². The van der Waals surface area contributed by atoms with Crippen molar-refractivity contribution in [2.45, 2.75) is 25.7 Å². The van der Waals surface area contributed by atoms with Crippen molar-refractivity contribution in [3.63, 3.8) is 0 Å². The number of carbonyl (C=O) groups excluding carboxylic acids is 2. The third-order valence-electron chi connectivity index (χ3n) is 4.35. The zero-order chi connectivity index (χ0) is 18.9. The summed E-state index contributed by atoms with van der Waals surface area (Å²) in [5.41, 5.74) is 1.63. The van der Waals surface area contributed by atoms with Crippen LogP contribution >= 0.6 is 0 Å². The van der Waals surface area contributed by atoms with Gasteiger partial charge in [-0.15, -0.1) is 0 Å². The van der Waals surface area contributed by atoms with Crippen LogP contribution in [0.3, 0.4) is 0 Å². The number of amides is 1. The third kappa shape index (κ3) is 5.62. The van der Waals surface area contributed by atoms with Crippen LogP contribution in [0.15, 0.2) is 29.8 Å². The molecule has 6 nitrogen and oxygen atoms in total. The molecule has 1 amide bonds. The lowest BCUT2D eigenvalue weighted by Gasteiger charge is -2.19. The molecule has 1 saturated heterocycles. The van der Waals surface area contributed by atoms with E-state index in [1.54, 1.807) is 4.90 Å². The van der Waals surface area contributed by atoms with Crippen LogP contribution in [0.25, 0.3) is 6.08 Å². The molecule has 1 aromatic rings. The predicted molar refractivity (Wildman–Crippen MR) is 100 cm³/mol. The van der Waals surface area contributed by atoms with Crippen LogP contribution in [0.2, 0.25) is 0 Å². The summed E-state index contributed by atoms with van der Waals surface area (Å²) in [6.45, 7) is 1.09. The first-order valence-corrected chi connectivity index (χ1v) is 8.85. The Labute approximate surface area is 154 Å². The Bertz CT molecular complexity index is 694. The Hall–Kier alpha value is -2.81. The van der Waals surface area contributed by atoms with Crippen molar-refractivity contribution >= 4 is 23.6 Å². The van der Waals surface area contributed by atoms with Crippen molar-refractivity contribution in [2.24, 2.45) is 0 Å². The number of carbonyl (C=O) groups is 2. The first-order valence-electron chi connectivity index (χ1n) is 8.85. The van der Waals surface area contributed by atoms with Gasteiger partial charge in [0.2, 0.25) is 0 Å². The van der Waals surface area contributed by atoms with Gasteiger partial charge < -0.3 is 14.5 Å². The number of nitrogens with zero attached hydrogens (tertiary/aromatic N) is 3. The van der Waals surface area contributed by atoms with E-state index >= 15 is 0 Å². The second-order valence-corrected chi connectivity index (χ2v) is 6.53. The van der Waals surface area contributed by atoms with Crippen LogP contribution in [0.1, 0.15) is 31.2 Å². The van der Waals surface area contributed by atoms with E-state index in [0.29, 0.717) is 13.1 Å². The smallest absolute Gasteiger partial charge is 0.349 e. The highest BCUT2D eigenvalue weighted by molar-refractivity contribution is 5.98. The fraction of sp³-hybridized carbons (Fsp3) is 0.450. The Morgan fingerprint density at radius 3 is 2.31 bits per heavy atom. The molecule has 0 aliphatic carbocycles. The van der Waals surface area contributed by atoms with Crippen molar-refractivity contribution in [1.82, 2.24) is 4.90 Å². The minimum Gasteiger partial charge on any atom is -0.451 e. The van der Waals surface area contributed by atoms with Crippen LogP contribution in [-0.2, 0) is 14.3 Å². The number of rotatable bonds is 5. The maximum atomic E-state index is 12.2. The quantitative estimate of drug-likeness (QED) is 0.461. The molecule has 1 aliphatic heterocycles. The monoisotopic (exact) mass is 355 g/mol. The summed E-state index contributed by atoms with van der Waals surface area (Å²) in [7, 11) is 3.87. The molecule has 0 N–H and O–H groups in total. The lowest BCUT2D eigenvalue weighted by molar-refractivity contribution is -0.148. The summed E-state index contributed by atoms with van der Waals surface area (Å²) in [4.78, 5) is 28.0. The second kappa shape index (κ2) is 9.62. The van der Waals surface area contributed by atoms with Gasteiger partial charge in [0.1, 0.15) is 11.6 Å². The Morgan fingerprint density at radius 2 is 1.77 bits per heavy atom. The molecule has 0 aromatic heterocycles. The fourth-order valence-corrected chi connectivity index (χ4v) is 2.79. The van der Waals surface area contributed by atoms with Gasteiger partial charge in [-0.25, -0.2) is 4.79 Å². The summed E-state index contributed by atoms with van der Waals surface area (Å²) in [6.07, 6.45) is 5.67. The molecule has 6 heteroatoms. The molecule has 0 atom stereocenters. The molecule has 1 fully saturated rings. The molecule has 1 heterocycles. The van der Waals surface area contributed by atoms with Gasteiger partial charge >= 0.3 is 5.97 Å². The normalized spacial score (nSPS) is 15.0. The number of hydrogen-bond donors (Lipinski definition) is 0. The zero-order valence-corrected chi connectivity index (χ0v) is 15.4. The minimum atomic E-state index is -0.771. The number of benzene rings is 1. The van der Waals surface area contributed by atoms with Gasteiger partial charge in [0, 0.05) is 32.9 Å². The molecular weight excluding hydrogens is 330 g/mol. The molecule has 0 bridgehead atoms. The third-order valence-corrected chi connectivity index (χ3v) is 4.35. The number of anilines is 1. The van der Waals surface area contributed by atoms with Crippen LogP contribution in [0, 0.1) is 11.3 Å². The Balaban J connectivity index is 1.95. The van der Waals surface area contributed by atoms with E-state index in [9.17, 15) is 14.9 Å². The first-order chi connectivity index (χ1) is 12.5. The first kappa shape index (κ1) is 19.5. The van der Waals surface area contributed by atoms with Crippen molar-refractivity contribution < 1.29 is 14.3 Å². The number of hydrogen-bond acceptors (Lipinski definition) is 5. The molecule has 138 valence electrons. The average Bonchev–Trinajstić information content (AvgIpc) is 2.93. The highest BCUT2D eigenvalue weighted by Crippen LogP contribution is 2.15. The molecule has 0 unspecified atom stereocenters. The van der Waals surface area contributed by atoms with E-state index in [2.05, 4.69) is 0 Å². The number of ether oxygens (including phenoxy) is 1. The van der Waals surface area contributed by atoms with Gasteiger partial charge in [-0.3, -0.25) is 4.79 Å². The van der Waals surface area contributed by atoms with Gasteiger partial charge in [0.05, 0.1) is 0 Å². The van der Waals surface area contributed by atoms with Gasteiger partial charge in [0.25, 0.3) is 5.91 Å². The summed E-state index contributed by atoms with van der Waals surface area (Å²) in [5.74, 6) is -0.972. The fourth-order valence-electron chi connectivity index (χ4n) is 2.79. The van der Waals surface area contributed by atoms with E-state index in [1.807, 2.05) is 49.3 Å². The van der Waals surface area contributed by atoms with Crippen LogP contribution < -0.4 is 4.90 Å². The molecule has 1 aliphatic rings. The van der Waals surface area contributed by atoms with E-state index < -0.39 is 5.97 Å². The van der Waals surface area contributed by atoms with Gasteiger partial charge in [-0.05, 0) is 36.6 Å². The maximum absolute atomic E-state index is 12.2. The molecule has 1 aromatic carbocycles. The van der Waals surface area contributed by atoms with Crippen LogP contribution in [-0.4, -0.2) is 50.6 Å². The SMILES string of the molecule is CN(C)c1ccc(C=C(C#N)C(=O)OCC(=O)N2CCCCCC2)cc1. The standard InChI is InChI=1S/C20H25N3O3/c1-22(2)18-9-7-16(8-10-18)13-17(14-21)20(25)26-15-19(24)23-11-5-3-4-6-12-23/h7-10,13H,3-6,11-12,15H2,1-2H3. The number of nitriles is 1. The Kier molecular flexibility index (Phi) is 7.22. The molecule has 2 rings (SSSR count). The topological polar surface area (TPSA) is 73.6 Å². The van der Waals surface area contributed by atoms with Crippen LogP contribution in [0.5, 0.6) is 0 Å². The summed E-state index contributed by atoms with van der Waals surface area (Å²) in [6, 6.07) is 9.29. The summed E-state index contributed by atoms with van der Waals surface area (Å²) < 4.78 is 5.06. The largest absolute Gasteiger partial charge is 0.451 e. The predicted octanol–water partition coefficient (Wildman–Crippen LogP) is 2.61. The van der Waals surface area contributed by atoms with Gasteiger partial charge in [-0.1, -0.05) is 25.0 Å². The lowest BCUT2D eigenvalue weighted by atomic mass is 10.1. The molecule has 0 saturated carbocycles. The number of likely N-dealkylation sites (tertiary alicyclic amines) is 1. The van der Waals surface area contributed by atoms with Crippen molar-refractivity contribution in [3.05, 3.63) is 35.4 Å². The minimum absolute atomic E-state index is 0.119. The van der Waals surface area contributed by atoms with Gasteiger partial charge in [0.15, 0.2) is 6.61 Å². The van der Waals surface area contributed by atoms with Crippen molar-refractivity contribution in [3.8, 4) is 6.07 Å². The maximum Gasteiger partial charge on any atom is 0.349 e. The number of esters is 1. The zero-order valence-electron chi connectivity index (χ0n) is 15.4. The molecule has 26 heavy (non-hydrogen) atoms. The van der Waals surface area contributed by atoms with E-state index in [1.165, 1.54) is 6.08 Å². The van der Waals surface area contributed by atoms with E-state index in [4.69, 9.17) is 4.74 Å². The highest BCUT2D eigenvalue weighted by atomic mass is 16.5. The summed E-state index contributed by atoms with van der Waals surface area (Å²) in [5, 5.41) is 9.23. The summed E-state index contributed by atoms with van der Waals surface area (Å²) >= 11 is 0. The van der Waals surface area contributed by atoms with Crippen LogP contribution in [0.4, 0.5) is 5.69 Å². The van der Waals surface area contributed by atoms with E-state index in [-0.39, 0.29) is 18.1 Å². The molecule has 0 spiro atoms. The average molecular weight is 355 g/mol. The van der Waals surface area contributed by atoms with Crippen molar-refractivity contribution in [2.75, 3.05) is 38.7 Å². The Morgan fingerprint density at radius 1 is 1.15 bits per heavy atom. The lowest BCUT2D eigenvalue weighted by Crippen LogP contribution is -2.35. The highest BCUT2D eigenvalue weighted by Gasteiger charge is 2.18. The molecule has 0 radical (unpaired) electrons. The van der Waals surface area contributed by atoms with Gasteiger partial charge in [-0.2, -0.15) is 5.26 Å². The molecular formula is C20H25N3O3. The van der Waals surface area contributed by atoms with E-state index in [0.717, 1.165) is 36.9 Å².